The van der Waals surface area contributed by atoms with E-state index in [1.807, 2.05) is 61.7 Å². The van der Waals surface area contributed by atoms with Crippen LogP contribution in [0.4, 0.5) is 17.5 Å². The van der Waals surface area contributed by atoms with Crippen LogP contribution in [0.15, 0.2) is 59.6 Å². The van der Waals surface area contributed by atoms with E-state index in [9.17, 15) is 4.79 Å². The Labute approximate surface area is 168 Å². The molecule has 2 heterocycles. The minimum absolute atomic E-state index is 0.0918. The summed E-state index contributed by atoms with van der Waals surface area (Å²) in [4.78, 5) is 26.3. The molecule has 0 unspecified atom stereocenters. The fourth-order valence-electron chi connectivity index (χ4n) is 2.50. The highest BCUT2D eigenvalue weighted by Gasteiger charge is 2.06. The third-order valence-electron chi connectivity index (χ3n) is 3.83. The smallest absolute Gasteiger partial charge is 0.251 e. The van der Waals surface area contributed by atoms with E-state index in [1.54, 1.807) is 18.0 Å². The lowest BCUT2D eigenvalue weighted by Crippen LogP contribution is -2.28. The van der Waals surface area contributed by atoms with Gasteiger partial charge in [-0.25, -0.2) is 15.0 Å². The Balaban J connectivity index is 1.50. The largest absolute Gasteiger partial charge is 0.368 e. The van der Waals surface area contributed by atoms with Gasteiger partial charge in [0, 0.05) is 35.8 Å². The number of rotatable bonds is 8. The van der Waals surface area contributed by atoms with Crippen molar-refractivity contribution in [3.8, 4) is 0 Å². The summed E-state index contributed by atoms with van der Waals surface area (Å²) < 4.78 is 0. The summed E-state index contributed by atoms with van der Waals surface area (Å²) in [7, 11) is 0. The highest BCUT2D eigenvalue weighted by molar-refractivity contribution is 7.98. The molecule has 8 heteroatoms. The van der Waals surface area contributed by atoms with Gasteiger partial charge >= 0.3 is 0 Å². The van der Waals surface area contributed by atoms with Gasteiger partial charge in [0.15, 0.2) is 0 Å². The van der Waals surface area contributed by atoms with Gasteiger partial charge < -0.3 is 16.0 Å². The van der Waals surface area contributed by atoms with Gasteiger partial charge in [-0.1, -0.05) is 6.07 Å². The number of nitrogens with zero attached hydrogens (tertiary/aromatic N) is 3. The molecule has 7 nitrogen and oxygen atoms in total. The first-order valence-corrected chi connectivity index (χ1v) is 10.1. The van der Waals surface area contributed by atoms with Crippen molar-refractivity contribution >= 4 is 35.1 Å². The van der Waals surface area contributed by atoms with Gasteiger partial charge in [-0.05, 0) is 49.6 Å². The molecule has 1 aromatic carbocycles. The van der Waals surface area contributed by atoms with Crippen LogP contribution >= 0.6 is 11.8 Å². The Kier molecular flexibility index (Phi) is 6.80. The Morgan fingerprint density at radius 2 is 1.79 bits per heavy atom. The predicted octanol–water partition coefficient (Wildman–Crippen LogP) is 3.49. The highest BCUT2D eigenvalue weighted by atomic mass is 32.2. The van der Waals surface area contributed by atoms with Gasteiger partial charge in [0.2, 0.25) is 0 Å². The average Bonchev–Trinajstić information content (AvgIpc) is 2.71. The molecule has 0 spiro atoms. The molecule has 1 amide bonds. The molecule has 3 rings (SSSR count). The minimum atomic E-state index is -0.0918. The molecule has 3 N–H and O–H groups in total. The normalized spacial score (nSPS) is 10.4. The number of hydrogen-bond donors (Lipinski definition) is 3. The minimum Gasteiger partial charge on any atom is -0.368 e. The van der Waals surface area contributed by atoms with Crippen molar-refractivity contribution in [2.75, 3.05) is 30.0 Å². The number of thioether (sulfide) groups is 1. The van der Waals surface area contributed by atoms with Crippen LogP contribution in [0, 0.1) is 6.92 Å². The molecule has 0 saturated heterocycles. The van der Waals surface area contributed by atoms with E-state index in [0.29, 0.717) is 41.9 Å². The van der Waals surface area contributed by atoms with Crippen molar-refractivity contribution in [3.05, 3.63) is 66.1 Å². The summed E-state index contributed by atoms with van der Waals surface area (Å²) in [5.74, 6) is 2.61. The number of pyridine rings is 1. The summed E-state index contributed by atoms with van der Waals surface area (Å²) in [6.07, 6.45) is 3.72. The zero-order valence-electron chi connectivity index (χ0n) is 15.8. The van der Waals surface area contributed by atoms with E-state index < -0.39 is 0 Å². The van der Waals surface area contributed by atoms with Crippen LogP contribution in [-0.2, 0) is 0 Å². The molecule has 0 saturated carbocycles. The van der Waals surface area contributed by atoms with Crippen LogP contribution in [0.25, 0.3) is 0 Å². The SMILES string of the molecule is CSc1ccc(C(=O)NCCNc2cc(Nc3ccccn3)nc(C)n2)cc1. The van der Waals surface area contributed by atoms with E-state index in [4.69, 9.17) is 0 Å². The van der Waals surface area contributed by atoms with Crippen LogP contribution in [0.2, 0.25) is 0 Å². The third kappa shape index (κ3) is 5.68. The van der Waals surface area contributed by atoms with Crippen LogP contribution in [0.3, 0.4) is 0 Å². The summed E-state index contributed by atoms with van der Waals surface area (Å²) in [6, 6.07) is 15.0. The Hall–Kier alpha value is -3.13. The van der Waals surface area contributed by atoms with E-state index in [0.717, 1.165) is 4.90 Å². The molecular weight excluding hydrogens is 372 g/mol. The lowest BCUT2D eigenvalue weighted by atomic mass is 10.2. The van der Waals surface area contributed by atoms with Crippen LogP contribution in [-0.4, -0.2) is 40.2 Å². The number of anilines is 3. The van der Waals surface area contributed by atoms with Crippen molar-refractivity contribution in [3.63, 3.8) is 0 Å². The van der Waals surface area contributed by atoms with Crippen molar-refractivity contribution < 1.29 is 4.79 Å². The Morgan fingerprint density at radius 1 is 1.00 bits per heavy atom. The van der Waals surface area contributed by atoms with E-state index in [-0.39, 0.29) is 5.91 Å². The highest BCUT2D eigenvalue weighted by Crippen LogP contribution is 2.16. The second-order valence-corrected chi connectivity index (χ2v) is 6.82. The molecule has 0 aliphatic rings. The summed E-state index contributed by atoms with van der Waals surface area (Å²) in [5.41, 5.74) is 0.650. The molecule has 144 valence electrons. The number of amides is 1. The van der Waals surface area contributed by atoms with Crippen molar-refractivity contribution in [2.24, 2.45) is 0 Å². The van der Waals surface area contributed by atoms with Crippen molar-refractivity contribution in [1.29, 1.82) is 0 Å². The van der Waals surface area contributed by atoms with Gasteiger partial charge in [0.1, 0.15) is 23.3 Å². The number of benzene rings is 1. The van der Waals surface area contributed by atoms with E-state index in [1.165, 1.54) is 0 Å². The Morgan fingerprint density at radius 3 is 2.50 bits per heavy atom. The lowest BCUT2D eigenvalue weighted by Gasteiger charge is -2.10. The molecule has 0 bridgehead atoms. The zero-order chi connectivity index (χ0) is 19.8. The molecule has 28 heavy (non-hydrogen) atoms. The molecular formula is C20H22N6OS. The summed E-state index contributed by atoms with van der Waals surface area (Å²) in [6.45, 7) is 2.86. The molecule has 0 fully saturated rings. The maximum atomic E-state index is 12.2. The van der Waals surface area contributed by atoms with Gasteiger partial charge in [0.05, 0.1) is 0 Å². The van der Waals surface area contributed by atoms with Gasteiger partial charge in [0.25, 0.3) is 5.91 Å². The zero-order valence-corrected chi connectivity index (χ0v) is 16.6. The standard InChI is InChI=1S/C20H22N6OS/c1-14-24-18(13-19(25-14)26-17-5-3-4-10-21-17)22-11-12-23-20(27)15-6-8-16(28-2)9-7-15/h3-10,13H,11-12H2,1-2H3,(H,23,27)(H2,21,22,24,25,26). The third-order valence-corrected chi connectivity index (χ3v) is 4.57. The second kappa shape index (κ2) is 9.70. The molecule has 0 atom stereocenters. The average molecular weight is 395 g/mol. The first-order chi connectivity index (χ1) is 13.6. The van der Waals surface area contributed by atoms with Crippen molar-refractivity contribution in [1.82, 2.24) is 20.3 Å². The number of aromatic nitrogens is 3. The van der Waals surface area contributed by atoms with Gasteiger partial charge in [-0.3, -0.25) is 4.79 Å². The monoisotopic (exact) mass is 394 g/mol. The topological polar surface area (TPSA) is 91.8 Å². The molecule has 0 aliphatic carbocycles. The number of carbonyl (C=O) groups excluding carboxylic acids is 1. The number of nitrogens with one attached hydrogen (secondary N) is 3. The first-order valence-electron chi connectivity index (χ1n) is 8.84. The van der Waals surface area contributed by atoms with Gasteiger partial charge in [-0.15, -0.1) is 11.8 Å². The quantitative estimate of drug-likeness (QED) is 0.398. The van der Waals surface area contributed by atoms with Crippen molar-refractivity contribution in [2.45, 2.75) is 11.8 Å². The number of carbonyl (C=O) groups is 1. The van der Waals surface area contributed by atoms with Crippen LogP contribution in [0.5, 0.6) is 0 Å². The number of hydrogen-bond acceptors (Lipinski definition) is 7. The van der Waals surface area contributed by atoms with Gasteiger partial charge in [-0.2, -0.15) is 0 Å². The summed E-state index contributed by atoms with van der Waals surface area (Å²) in [5, 5.41) is 9.26. The van der Waals surface area contributed by atoms with E-state index >= 15 is 0 Å². The molecule has 0 aliphatic heterocycles. The number of aryl methyl sites for hydroxylation is 1. The maximum Gasteiger partial charge on any atom is 0.251 e. The maximum absolute atomic E-state index is 12.2. The first kappa shape index (κ1) is 19.6. The fraction of sp³-hybridized carbons (Fsp3) is 0.200. The van der Waals surface area contributed by atoms with E-state index in [2.05, 4.69) is 30.9 Å². The fourth-order valence-corrected chi connectivity index (χ4v) is 2.91. The molecule has 0 radical (unpaired) electrons. The molecule has 2 aromatic heterocycles. The summed E-state index contributed by atoms with van der Waals surface area (Å²) >= 11 is 1.65. The lowest BCUT2D eigenvalue weighted by molar-refractivity contribution is 0.0955. The second-order valence-electron chi connectivity index (χ2n) is 5.94. The predicted molar refractivity (Wildman–Crippen MR) is 113 cm³/mol. The molecule has 3 aromatic rings. The van der Waals surface area contributed by atoms with Crippen LogP contribution in [0.1, 0.15) is 16.2 Å². The van der Waals surface area contributed by atoms with Crippen LogP contribution < -0.4 is 16.0 Å². The Bertz CT molecular complexity index is 918.